The second-order valence-corrected chi connectivity index (χ2v) is 6.34. The molecule has 0 bridgehead atoms. The molecule has 1 aromatic heterocycles. The Morgan fingerprint density at radius 1 is 1.64 bits per heavy atom. The van der Waals surface area contributed by atoms with Crippen LogP contribution in [0.3, 0.4) is 0 Å². The third-order valence-electron chi connectivity index (χ3n) is 2.71. The van der Waals surface area contributed by atoms with E-state index in [1.807, 2.05) is 0 Å². The largest absolute Gasteiger partial charge is 0.323 e. The van der Waals surface area contributed by atoms with Crippen LogP contribution in [0.5, 0.6) is 0 Å². The molecule has 0 spiro atoms. The third kappa shape index (κ3) is 2.57. The molecule has 2 unspecified atom stereocenters. The molecule has 1 saturated heterocycles. The Labute approximate surface area is 97.0 Å². The molecule has 2 nitrogen and oxygen atoms in total. The van der Waals surface area contributed by atoms with Gasteiger partial charge in [-0.05, 0) is 59.9 Å². The standard InChI is InChI=1S/C10H15BrN2S/c11-10-2-1-9(14-10)8(12)5-7-3-4-13-6-7/h1-2,7-8,13H,3-6,12H2. The van der Waals surface area contributed by atoms with E-state index in [0.717, 1.165) is 25.4 Å². The van der Waals surface area contributed by atoms with E-state index in [-0.39, 0.29) is 6.04 Å². The molecular weight excluding hydrogens is 260 g/mol. The average molecular weight is 275 g/mol. The Kier molecular flexibility index (Phi) is 3.60. The van der Waals surface area contributed by atoms with E-state index in [1.165, 1.54) is 15.1 Å². The highest BCUT2D eigenvalue weighted by atomic mass is 79.9. The number of halogens is 1. The lowest BCUT2D eigenvalue weighted by Crippen LogP contribution is -2.16. The molecule has 2 atom stereocenters. The molecule has 0 amide bonds. The molecular formula is C10H15BrN2S. The van der Waals surface area contributed by atoms with Crippen LogP contribution in [0.4, 0.5) is 0 Å². The molecule has 0 radical (unpaired) electrons. The van der Waals surface area contributed by atoms with Crippen molar-refractivity contribution in [3.63, 3.8) is 0 Å². The van der Waals surface area contributed by atoms with E-state index in [1.54, 1.807) is 11.3 Å². The van der Waals surface area contributed by atoms with Crippen molar-refractivity contribution in [2.45, 2.75) is 18.9 Å². The van der Waals surface area contributed by atoms with Crippen molar-refractivity contribution >= 4 is 27.3 Å². The minimum absolute atomic E-state index is 0.219. The van der Waals surface area contributed by atoms with Gasteiger partial charge in [0.1, 0.15) is 0 Å². The topological polar surface area (TPSA) is 38.0 Å². The summed E-state index contributed by atoms with van der Waals surface area (Å²) in [5.74, 6) is 0.769. The summed E-state index contributed by atoms with van der Waals surface area (Å²) in [6.45, 7) is 2.30. The molecule has 4 heteroatoms. The van der Waals surface area contributed by atoms with E-state index >= 15 is 0 Å². The lowest BCUT2D eigenvalue weighted by Gasteiger charge is -2.13. The van der Waals surface area contributed by atoms with Gasteiger partial charge in [0.05, 0.1) is 3.79 Å². The monoisotopic (exact) mass is 274 g/mol. The predicted octanol–water partition coefficient (Wildman–Crippen LogP) is 2.51. The summed E-state index contributed by atoms with van der Waals surface area (Å²) in [6.07, 6.45) is 2.39. The van der Waals surface area contributed by atoms with Crippen LogP contribution in [0.15, 0.2) is 15.9 Å². The van der Waals surface area contributed by atoms with E-state index in [2.05, 4.69) is 33.4 Å². The Hall–Kier alpha value is 0.1000. The minimum Gasteiger partial charge on any atom is -0.323 e. The molecule has 1 aliphatic heterocycles. The Morgan fingerprint density at radius 2 is 2.50 bits per heavy atom. The van der Waals surface area contributed by atoms with Gasteiger partial charge in [0.25, 0.3) is 0 Å². The lowest BCUT2D eigenvalue weighted by atomic mass is 9.99. The summed E-state index contributed by atoms with van der Waals surface area (Å²) < 4.78 is 1.17. The summed E-state index contributed by atoms with van der Waals surface area (Å²) in [5, 5.41) is 3.37. The van der Waals surface area contributed by atoms with Gasteiger partial charge in [-0.2, -0.15) is 0 Å². The predicted molar refractivity (Wildman–Crippen MR) is 64.5 cm³/mol. The number of thiophene rings is 1. The Bertz CT molecular complexity index is 294. The Balaban J connectivity index is 1.91. The number of nitrogens with one attached hydrogen (secondary N) is 1. The van der Waals surface area contributed by atoms with Gasteiger partial charge in [-0.1, -0.05) is 0 Å². The molecule has 2 heterocycles. The summed E-state index contributed by atoms with van der Waals surface area (Å²) in [7, 11) is 0. The Morgan fingerprint density at radius 3 is 3.07 bits per heavy atom. The van der Waals surface area contributed by atoms with Crippen LogP contribution in [0.25, 0.3) is 0 Å². The van der Waals surface area contributed by atoms with Gasteiger partial charge in [0, 0.05) is 10.9 Å². The quantitative estimate of drug-likeness (QED) is 0.889. The first-order chi connectivity index (χ1) is 6.75. The van der Waals surface area contributed by atoms with Gasteiger partial charge in [0.2, 0.25) is 0 Å². The highest BCUT2D eigenvalue weighted by Crippen LogP contribution is 2.30. The van der Waals surface area contributed by atoms with Crippen molar-refractivity contribution in [2.75, 3.05) is 13.1 Å². The van der Waals surface area contributed by atoms with E-state index in [4.69, 9.17) is 5.73 Å². The van der Waals surface area contributed by atoms with Crippen LogP contribution in [0.1, 0.15) is 23.8 Å². The van der Waals surface area contributed by atoms with Gasteiger partial charge >= 0.3 is 0 Å². The van der Waals surface area contributed by atoms with Crippen molar-refractivity contribution in [3.8, 4) is 0 Å². The third-order valence-corrected chi connectivity index (χ3v) is 4.46. The highest BCUT2D eigenvalue weighted by Gasteiger charge is 2.19. The summed E-state index contributed by atoms with van der Waals surface area (Å²) >= 11 is 5.21. The van der Waals surface area contributed by atoms with Crippen LogP contribution < -0.4 is 11.1 Å². The fourth-order valence-corrected chi connectivity index (χ4v) is 3.36. The molecule has 2 rings (SSSR count). The first-order valence-electron chi connectivity index (χ1n) is 4.97. The van der Waals surface area contributed by atoms with Crippen molar-refractivity contribution in [2.24, 2.45) is 11.7 Å². The smallest absolute Gasteiger partial charge is 0.0701 e. The van der Waals surface area contributed by atoms with E-state index < -0.39 is 0 Å². The number of hydrogen-bond acceptors (Lipinski definition) is 3. The van der Waals surface area contributed by atoms with E-state index in [9.17, 15) is 0 Å². The maximum atomic E-state index is 6.15. The number of rotatable bonds is 3. The fraction of sp³-hybridized carbons (Fsp3) is 0.600. The summed E-state index contributed by atoms with van der Waals surface area (Å²) in [6, 6.07) is 4.42. The van der Waals surface area contributed by atoms with Gasteiger partial charge in [-0.25, -0.2) is 0 Å². The van der Waals surface area contributed by atoms with Crippen molar-refractivity contribution in [3.05, 3.63) is 20.8 Å². The first kappa shape index (κ1) is 10.6. The van der Waals surface area contributed by atoms with Gasteiger partial charge < -0.3 is 11.1 Å². The maximum absolute atomic E-state index is 6.15. The molecule has 0 saturated carbocycles. The molecule has 3 N–H and O–H groups in total. The van der Waals surface area contributed by atoms with Crippen molar-refractivity contribution in [1.29, 1.82) is 0 Å². The molecule has 78 valence electrons. The molecule has 0 aliphatic carbocycles. The van der Waals surface area contributed by atoms with Crippen molar-refractivity contribution in [1.82, 2.24) is 5.32 Å². The normalized spacial score (nSPS) is 24.0. The zero-order valence-electron chi connectivity index (χ0n) is 8.00. The molecule has 1 aromatic rings. The van der Waals surface area contributed by atoms with Crippen LogP contribution in [0, 0.1) is 5.92 Å². The van der Waals surface area contributed by atoms with Gasteiger partial charge in [-0.15, -0.1) is 11.3 Å². The number of hydrogen-bond donors (Lipinski definition) is 2. The molecule has 0 aromatic carbocycles. The summed E-state index contributed by atoms with van der Waals surface area (Å²) in [5.41, 5.74) is 6.15. The van der Waals surface area contributed by atoms with Crippen molar-refractivity contribution < 1.29 is 0 Å². The van der Waals surface area contributed by atoms with Crippen LogP contribution in [-0.2, 0) is 0 Å². The highest BCUT2D eigenvalue weighted by molar-refractivity contribution is 9.11. The van der Waals surface area contributed by atoms with E-state index in [0.29, 0.717) is 0 Å². The summed E-state index contributed by atoms with van der Waals surface area (Å²) in [4.78, 5) is 1.30. The SMILES string of the molecule is NC(CC1CCNC1)c1ccc(Br)s1. The lowest BCUT2D eigenvalue weighted by molar-refractivity contribution is 0.477. The fourth-order valence-electron chi connectivity index (χ4n) is 1.92. The zero-order valence-corrected chi connectivity index (χ0v) is 10.4. The van der Waals surface area contributed by atoms with Crippen LogP contribution in [-0.4, -0.2) is 13.1 Å². The van der Waals surface area contributed by atoms with Crippen LogP contribution in [0.2, 0.25) is 0 Å². The average Bonchev–Trinajstić information content (AvgIpc) is 2.75. The second kappa shape index (κ2) is 4.75. The zero-order chi connectivity index (χ0) is 9.97. The molecule has 14 heavy (non-hydrogen) atoms. The molecule has 1 fully saturated rings. The first-order valence-corrected chi connectivity index (χ1v) is 6.58. The van der Waals surface area contributed by atoms with Gasteiger partial charge in [-0.3, -0.25) is 0 Å². The minimum atomic E-state index is 0.219. The maximum Gasteiger partial charge on any atom is 0.0701 e. The number of nitrogens with two attached hydrogens (primary N) is 1. The molecule has 1 aliphatic rings. The second-order valence-electron chi connectivity index (χ2n) is 3.84. The van der Waals surface area contributed by atoms with Gasteiger partial charge in [0.15, 0.2) is 0 Å². The van der Waals surface area contributed by atoms with Crippen LogP contribution >= 0.6 is 27.3 Å².